The summed E-state index contributed by atoms with van der Waals surface area (Å²) in [4.78, 5) is 15.4. The van der Waals surface area contributed by atoms with Gasteiger partial charge in [-0.1, -0.05) is 0 Å². The number of nitrogens with one attached hydrogen (secondary N) is 2. The Morgan fingerprint density at radius 1 is 1.30 bits per heavy atom. The fraction of sp³-hybridized carbons (Fsp3) is 0.357. The Bertz CT molecular complexity index is 576. The summed E-state index contributed by atoms with van der Waals surface area (Å²) in [5.74, 6) is 0. The third-order valence-corrected chi connectivity index (χ3v) is 3.16. The first-order valence-electron chi connectivity index (χ1n) is 6.79. The number of urea groups is 1. The van der Waals surface area contributed by atoms with Gasteiger partial charge in [0, 0.05) is 36.7 Å². The maximum absolute atomic E-state index is 11.5. The lowest BCUT2D eigenvalue weighted by Gasteiger charge is -2.06. The molecule has 6 heteroatoms. The van der Waals surface area contributed by atoms with Gasteiger partial charge in [-0.05, 0) is 31.0 Å². The van der Waals surface area contributed by atoms with Crippen LogP contribution in [-0.2, 0) is 6.54 Å². The molecule has 2 N–H and O–H groups in total. The van der Waals surface area contributed by atoms with Crippen LogP contribution >= 0.6 is 0 Å². The molecule has 20 heavy (non-hydrogen) atoms. The molecule has 0 bridgehead atoms. The molecule has 1 saturated carbocycles. The summed E-state index contributed by atoms with van der Waals surface area (Å²) in [5, 5.41) is 10.2. The van der Waals surface area contributed by atoms with Crippen molar-refractivity contribution in [2.75, 3.05) is 6.54 Å². The van der Waals surface area contributed by atoms with Gasteiger partial charge in [0.1, 0.15) is 0 Å². The second kappa shape index (κ2) is 5.73. The fourth-order valence-electron chi connectivity index (χ4n) is 1.91. The molecular weight excluding hydrogens is 254 g/mol. The Kier molecular flexibility index (Phi) is 3.62. The van der Waals surface area contributed by atoms with Crippen molar-refractivity contribution >= 4 is 6.03 Å². The van der Waals surface area contributed by atoms with E-state index in [1.165, 1.54) is 0 Å². The number of pyridine rings is 1. The fourth-order valence-corrected chi connectivity index (χ4v) is 1.91. The first-order chi connectivity index (χ1) is 9.81. The highest BCUT2D eigenvalue weighted by Gasteiger charge is 2.22. The summed E-state index contributed by atoms with van der Waals surface area (Å²) in [6, 6.07) is 6.11. The first-order valence-corrected chi connectivity index (χ1v) is 6.79. The zero-order valence-corrected chi connectivity index (χ0v) is 11.1. The molecule has 3 rings (SSSR count). The molecule has 0 unspecified atom stereocenters. The molecule has 0 spiro atoms. The standard InChI is InChI=1S/C14H17N5O/c20-14(17-12-1-2-12)16-8-10-19-9-5-13(18-19)11-3-6-15-7-4-11/h3-7,9,12H,1-2,8,10H2,(H2,16,17,20). The third kappa shape index (κ3) is 3.34. The minimum absolute atomic E-state index is 0.0889. The molecule has 1 fully saturated rings. The molecule has 0 atom stereocenters. The van der Waals surface area contributed by atoms with Crippen molar-refractivity contribution in [3.8, 4) is 11.3 Å². The number of amides is 2. The molecule has 1 aliphatic carbocycles. The van der Waals surface area contributed by atoms with E-state index in [0.717, 1.165) is 24.1 Å². The van der Waals surface area contributed by atoms with Crippen LogP contribution in [0.15, 0.2) is 36.8 Å². The topological polar surface area (TPSA) is 71.8 Å². The van der Waals surface area contributed by atoms with E-state index in [1.54, 1.807) is 12.4 Å². The van der Waals surface area contributed by atoms with Crippen LogP contribution in [0.4, 0.5) is 4.79 Å². The lowest BCUT2D eigenvalue weighted by molar-refractivity contribution is 0.240. The summed E-state index contributed by atoms with van der Waals surface area (Å²) >= 11 is 0. The Labute approximate surface area is 117 Å². The van der Waals surface area contributed by atoms with E-state index in [9.17, 15) is 4.79 Å². The molecule has 2 aromatic rings. The molecule has 0 aliphatic heterocycles. The second-order valence-corrected chi connectivity index (χ2v) is 4.87. The Morgan fingerprint density at radius 2 is 2.10 bits per heavy atom. The van der Waals surface area contributed by atoms with Gasteiger partial charge >= 0.3 is 6.03 Å². The smallest absolute Gasteiger partial charge is 0.315 e. The normalized spacial score (nSPS) is 14.0. The van der Waals surface area contributed by atoms with E-state index in [4.69, 9.17) is 0 Å². The average molecular weight is 271 g/mol. The molecule has 2 aromatic heterocycles. The van der Waals surface area contributed by atoms with Crippen molar-refractivity contribution in [3.63, 3.8) is 0 Å². The predicted molar refractivity (Wildman–Crippen MR) is 75.0 cm³/mol. The maximum atomic E-state index is 11.5. The second-order valence-electron chi connectivity index (χ2n) is 4.87. The van der Waals surface area contributed by atoms with Crippen LogP contribution in [0.1, 0.15) is 12.8 Å². The molecule has 1 aliphatic rings. The van der Waals surface area contributed by atoms with Crippen molar-refractivity contribution in [2.24, 2.45) is 0 Å². The molecule has 104 valence electrons. The highest BCUT2D eigenvalue weighted by molar-refractivity contribution is 5.74. The lowest BCUT2D eigenvalue weighted by atomic mass is 10.2. The van der Waals surface area contributed by atoms with E-state index in [-0.39, 0.29) is 6.03 Å². The van der Waals surface area contributed by atoms with Crippen LogP contribution in [0.3, 0.4) is 0 Å². The highest BCUT2D eigenvalue weighted by atomic mass is 16.2. The number of carbonyl (C=O) groups excluding carboxylic acids is 1. The third-order valence-electron chi connectivity index (χ3n) is 3.16. The monoisotopic (exact) mass is 271 g/mol. The van der Waals surface area contributed by atoms with Crippen molar-refractivity contribution in [3.05, 3.63) is 36.8 Å². The van der Waals surface area contributed by atoms with E-state index in [0.29, 0.717) is 19.1 Å². The quantitative estimate of drug-likeness (QED) is 0.863. The van der Waals surface area contributed by atoms with Gasteiger partial charge in [-0.15, -0.1) is 0 Å². The SMILES string of the molecule is O=C(NCCn1ccc(-c2ccncc2)n1)NC1CC1. The summed E-state index contributed by atoms with van der Waals surface area (Å²) in [5.41, 5.74) is 1.95. The Hall–Kier alpha value is -2.37. The molecule has 0 saturated heterocycles. The summed E-state index contributed by atoms with van der Waals surface area (Å²) in [6.07, 6.45) is 7.61. The Morgan fingerprint density at radius 3 is 2.85 bits per heavy atom. The number of carbonyl (C=O) groups is 1. The first kappa shape index (κ1) is 12.7. The van der Waals surface area contributed by atoms with Gasteiger partial charge in [0.05, 0.1) is 12.2 Å². The van der Waals surface area contributed by atoms with Crippen molar-refractivity contribution in [2.45, 2.75) is 25.4 Å². The van der Waals surface area contributed by atoms with Crippen LogP contribution in [0.2, 0.25) is 0 Å². The van der Waals surface area contributed by atoms with Gasteiger partial charge in [0.25, 0.3) is 0 Å². The predicted octanol–water partition coefficient (Wildman–Crippen LogP) is 1.41. The minimum Gasteiger partial charge on any atom is -0.336 e. The van der Waals surface area contributed by atoms with Crippen molar-refractivity contribution < 1.29 is 4.79 Å². The molecule has 6 nitrogen and oxygen atoms in total. The van der Waals surface area contributed by atoms with Crippen molar-refractivity contribution in [1.29, 1.82) is 0 Å². The van der Waals surface area contributed by atoms with Crippen LogP contribution in [0, 0.1) is 0 Å². The van der Waals surface area contributed by atoms with Gasteiger partial charge in [-0.2, -0.15) is 5.10 Å². The zero-order valence-electron chi connectivity index (χ0n) is 11.1. The number of aromatic nitrogens is 3. The van der Waals surface area contributed by atoms with Gasteiger partial charge in [-0.3, -0.25) is 9.67 Å². The van der Waals surface area contributed by atoms with E-state index in [2.05, 4.69) is 20.7 Å². The van der Waals surface area contributed by atoms with Gasteiger partial charge in [0.15, 0.2) is 0 Å². The molecule has 2 amide bonds. The van der Waals surface area contributed by atoms with Crippen LogP contribution in [0.25, 0.3) is 11.3 Å². The van der Waals surface area contributed by atoms with Gasteiger partial charge in [-0.25, -0.2) is 4.79 Å². The van der Waals surface area contributed by atoms with Gasteiger partial charge in [0.2, 0.25) is 0 Å². The largest absolute Gasteiger partial charge is 0.336 e. The molecule has 2 heterocycles. The Balaban J connectivity index is 1.48. The molecule has 0 aromatic carbocycles. The summed E-state index contributed by atoms with van der Waals surface area (Å²) in [6.45, 7) is 1.22. The summed E-state index contributed by atoms with van der Waals surface area (Å²) < 4.78 is 1.83. The number of hydrogen-bond acceptors (Lipinski definition) is 3. The van der Waals surface area contributed by atoms with E-state index in [1.807, 2.05) is 29.1 Å². The maximum Gasteiger partial charge on any atom is 0.315 e. The van der Waals surface area contributed by atoms with Crippen LogP contribution < -0.4 is 10.6 Å². The summed E-state index contributed by atoms with van der Waals surface area (Å²) in [7, 11) is 0. The highest BCUT2D eigenvalue weighted by Crippen LogP contribution is 2.18. The van der Waals surface area contributed by atoms with Crippen LogP contribution in [0.5, 0.6) is 0 Å². The lowest BCUT2D eigenvalue weighted by Crippen LogP contribution is -2.38. The number of nitrogens with zero attached hydrogens (tertiary/aromatic N) is 3. The van der Waals surface area contributed by atoms with E-state index >= 15 is 0 Å². The van der Waals surface area contributed by atoms with Crippen molar-refractivity contribution in [1.82, 2.24) is 25.4 Å². The molecular formula is C14H17N5O. The number of rotatable bonds is 5. The minimum atomic E-state index is -0.0889. The molecule has 0 radical (unpaired) electrons. The average Bonchev–Trinajstić information content (AvgIpc) is 3.15. The van der Waals surface area contributed by atoms with Gasteiger partial charge < -0.3 is 10.6 Å². The van der Waals surface area contributed by atoms with E-state index < -0.39 is 0 Å². The van der Waals surface area contributed by atoms with Crippen LogP contribution in [-0.4, -0.2) is 33.4 Å². The number of hydrogen-bond donors (Lipinski definition) is 2. The zero-order chi connectivity index (χ0) is 13.8.